The summed E-state index contributed by atoms with van der Waals surface area (Å²) in [6.45, 7) is 12.1. The van der Waals surface area contributed by atoms with Crippen LogP contribution < -0.4 is 5.32 Å². The maximum absolute atomic E-state index is 5.52. The summed E-state index contributed by atoms with van der Waals surface area (Å²) in [4.78, 5) is 2.61. The van der Waals surface area contributed by atoms with Crippen LogP contribution in [0.2, 0.25) is 0 Å². The van der Waals surface area contributed by atoms with Gasteiger partial charge in [-0.05, 0) is 32.4 Å². The van der Waals surface area contributed by atoms with Gasteiger partial charge in [0.25, 0.3) is 0 Å². The highest BCUT2D eigenvalue weighted by Gasteiger charge is 2.20. The molecule has 3 heteroatoms. The summed E-state index contributed by atoms with van der Waals surface area (Å²) in [7, 11) is 0. The highest BCUT2D eigenvalue weighted by Crippen LogP contribution is 2.11. The summed E-state index contributed by atoms with van der Waals surface area (Å²) in [5.74, 6) is 0. The zero-order valence-electron chi connectivity index (χ0n) is 11.9. The van der Waals surface area contributed by atoms with Gasteiger partial charge in [-0.3, -0.25) is 4.90 Å². The van der Waals surface area contributed by atoms with Gasteiger partial charge < -0.3 is 10.1 Å². The molecule has 3 nitrogen and oxygen atoms in total. The van der Waals surface area contributed by atoms with Crippen molar-refractivity contribution in [1.29, 1.82) is 0 Å². The van der Waals surface area contributed by atoms with Crippen molar-refractivity contribution in [1.82, 2.24) is 10.2 Å². The normalized spacial score (nSPS) is 22.2. The van der Waals surface area contributed by atoms with Gasteiger partial charge in [0.2, 0.25) is 0 Å². The smallest absolute Gasteiger partial charge is 0.0622 e. The molecule has 0 aromatic rings. The van der Waals surface area contributed by atoms with Crippen molar-refractivity contribution in [3.05, 3.63) is 0 Å². The number of rotatable bonds is 8. The molecule has 1 fully saturated rings. The first kappa shape index (κ1) is 14.9. The van der Waals surface area contributed by atoms with E-state index in [4.69, 9.17) is 4.74 Å². The standard InChI is InChI=1S/C14H30N2O/c1-4-14-12-17-11-10-16(14)9-7-5-6-8-15-13(2)3/h13-15H,4-12H2,1-3H3. The molecule has 0 saturated carbocycles. The van der Waals surface area contributed by atoms with Crippen molar-refractivity contribution < 1.29 is 4.74 Å². The average Bonchev–Trinajstić information content (AvgIpc) is 2.33. The molecule has 1 aliphatic rings. The molecule has 0 amide bonds. The van der Waals surface area contributed by atoms with E-state index >= 15 is 0 Å². The summed E-state index contributed by atoms with van der Waals surface area (Å²) >= 11 is 0. The van der Waals surface area contributed by atoms with Crippen molar-refractivity contribution in [3.8, 4) is 0 Å². The van der Waals surface area contributed by atoms with Gasteiger partial charge in [-0.2, -0.15) is 0 Å². The first-order chi connectivity index (χ1) is 8.24. The van der Waals surface area contributed by atoms with Crippen LogP contribution in [0.25, 0.3) is 0 Å². The fourth-order valence-electron chi connectivity index (χ4n) is 2.37. The Hall–Kier alpha value is -0.120. The lowest BCUT2D eigenvalue weighted by molar-refractivity contribution is -0.00916. The van der Waals surface area contributed by atoms with E-state index in [1.807, 2.05) is 0 Å². The van der Waals surface area contributed by atoms with E-state index in [2.05, 4.69) is 31.0 Å². The molecule has 0 radical (unpaired) electrons. The molecule has 1 N–H and O–H groups in total. The minimum absolute atomic E-state index is 0.624. The molecule has 1 atom stereocenters. The van der Waals surface area contributed by atoms with Gasteiger partial charge in [-0.25, -0.2) is 0 Å². The first-order valence-corrected chi connectivity index (χ1v) is 7.29. The number of hydrogen-bond donors (Lipinski definition) is 1. The van der Waals surface area contributed by atoms with Crippen LogP contribution in [0.5, 0.6) is 0 Å². The molecule has 0 spiro atoms. The van der Waals surface area contributed by atoms with E-state index in [-0.39, 0.29) is 0 Å². The van der Waals surface area contributed by atoms with E-state index in [1.54, 1.807) is 0 Å². The van der Waals surface area contributed by atoms with Crippen LogP contribution in [-0.4, -0.2) is 49.8 Å². The second-order valence-corrected chi connectivity index (χ2v) is 5.34. The maximum atomic E-state index is 5.52. The molecule has 1 rings (SSSR count). The molecule has 1 saturated heterocycles. The van der Waals surface area contributed by atoms with Crippen LogP contribution in [-0.2, 0) is 4.74 Å². The summed E-state index contributed by atoms with van der Waals surface area (Å²) in [5.41, 5.74) is 0. The van der Waals surface area contributed by atoms with E-state index < -0.39 is 0 Å². The molecule has 0 aromatic heterocycles. The number of ether oxygens (including phenoxy) is 1. The van der Waals surface area contributed by atoms with Gasteiger partial charge in [-0.1, -0.05) is 27.2 Å². The third-order valence-electron chi connectivity index (χ3n) is 3.50. The molecule has 1 aliphatic heterocycles. The maximum Gasteiger partial charge on any atom is 0.0622 e. The van der Waals surface area contributed by atoms with E-state index in [0.29, 0.717) is 12.1 Å². The van der Waals surface area contributed by atoms with Crippen molar-refractivity contribution in [2.24, 2.45) is 0 Å². The minimum Gasteiger partial charge on any atom is -0.378 e. The summed E-state index contributed by atoms with van der Waals surface area (Å²) in [6.07, 6.45) is 5.19. The van der Waals surface area contributed by atoms with E-state index in [1.165, 1.54) is 32.2 Å². The molecular formula is C14H30N2O. The molecule has 17 heavy (non-hydrogen) atoms. The number of morpholine rings is 1. The fourth-order valence-corrected chi connectivity index (χ4v) is 2.37. The molecule has 1 heterocycles. The molecule has 0 bridgehead atoms. The fraction of sp³-hybridized carbons (Fsp3) is 1.00. The quantitative estimate of drug-likeness (QED) is 0.661. The Morgan fingerprint density at radius 1 is 1.29 bits per heavy atom. The Kier molecular flexibility index (Phi) is 7.82. The molecule has 1 unspecified atom stereocenters. The Bertz CT molecular complexity index is 185. The number of nitrogens with one attached hydrogen (secondary N) is 1. The Morgan fingerprint density at radius 2 is 2.12 bits per heavy atom. The van der Waals surface area contributed by atoms with Gasteiger partial charge in [0.1, 0.15) is 0 Å². The zero-order valence-corrected chi connectivity index (χ0v) is 11.9. The van der Waals surface area contributed by atoms with Gasteiger partial charge >= 0.3 is 0 Å². The van der Waals surface area contributed by atoms with Gasteiger partial charge in [0, 0.05) is 18.6 Å². The predicted octanol–water partition coefficient (Wildman–Crippen LogP) is 2.27. The second kappa shape index (κ2) is 8.90. The monoisotopic (exact) mass is 242 g/mol. The Morgan fingerprint density at radius 3 is 2.82 bits per heavy atom. The zero-order chi connectivity index (χ0) is 12.5. The number of nitrogens with zero attached hydrogens (tertiary/aromatic N) is 1. The lowest BCUT2D eigenvalue weighted by atomic mass is 10.1. The average molecular weight is 242 g/mol. The highest BCUT2D eigenvalue weighted by molar-refractivity contribution is 4.73. The van der Waals surface area contributed by atoms with Crippen LogP contribution in [0.4, 0.5) is 0 Å². The summed E-state index contributed by atoms with van der Waals surface area (Å²) in [5, 5.41) is 3.47. The van der Waals surface area contributed by atoms with Crippen molar-refractivity contribution in [3.63, 3.8) is 0 Å². The second-order valence-electron chi connectivity index (χ2n) is 5.34. The van der Waals surface area contributed by atoms with E-state index in [9.17, 15) is 0 Å². The van der Waals surface area contributed by atoms with Crippen LogP contribution in [0, 0.1) is 0 Å². The third kappa shape index (κ3) is 6.39. The lowest BCUT2D eigenvalue weighted by Crippen LogP contribution is -2.45. The SMILES string of the molecule is CCC1COCCN1CCCCCNC(C)C. The largest absolute Gasteiger partial charge is 0.378 e. The minimum atomic E-state index is 0.624. The Labute approximate surface area is 107 Å². The third-order valence-corrected chi connectivity index (χ3v) is 3.50. The van der Waals surface area contributed by atoms with Crippen molar-refractivity contribution >= 4 is 0 Å². The van der Waals surface area contributed by atoms with Gasteiger partial charge in [-0.15, -0.1) is 0 Å². The van der Waals surface area contributed by atoms with Crippen molar-refractivity contribution in [2.75, 3.05) is 32.8 Å². The summed E-state index contributed by atoms with van der Waals surface area (Å²) in [6, 6.07) is 1.29. The lowest BCUT2D eigenvalue weighted by Gasteiger charge is -2.35. The molecule has 102 valence electrons. The van der Waals surface area contributed by atoms with Crippen molar-refractivity contribution in [2.45, 2.75) is 58.5 Å². The highest BCUT2D eigenvalue weighted by atomic mass is 16.5. The van der Waals surface area contributed by atoms with Gasteiger partial charge in [0.15, 0.2) is 0 Å². The molecular weight excluding hydrogens is 212 g/mol. The van der Waals surface area contributed by atoms with Crippen LogP contribution in [0.1, 0.15) is 46.5 Å². The first-order valence-electron chi connectivity index (χ1n) is 7.29. The predicted molar refractivity (Wildman–Crippen MR) is 73.5 cm³/mol. The number of hydrogen-bond acceptors (Lipinski definition) is 3. The number of unbranched alkanes of at least 4 members (excludes halogenated alkanes) is 2. The van der Waals surface area contributed by atoms with Crippen LogP contribution in [0.15, 0.2) is 0 Å². The molecule has 0 aromatic carbocycles. The van der Waals surface area contributed by atoms with Gasteiger partial charge in [0.05, 0.1) is 13.2 Å². The van der Waals surface area contributed by atoms with Crippen LogP contribution in [0.3, 0.4) is 0 Å². The topological polar surface area (TPSA) is 24.5 Å². The Balaban J connectivity index is 2.01. The molecule has 0 aliphatic carbocycles. The summed E-state index contributed by atoms with van der Waals surface area (Å²) < 4.78 is 5.52. The van der Waals surface area contributed by atoms with Crippen LogP contribution >= 0.6 is 0 Å². The van der Waals surface area contributed by atoms with E-state index in [0.717, 1.165) is 26.3 Å².